The molecule has 0 aromatic heterocycles. The van der Waals surface area contributed by atoms with Crippen molar-refractivity contribution in [3.63, 3.8) is 0 Å². The zero-order valence-electron chi connectivity index (χ0n) is 23.9. The van der Waals surface area contributed by atoms with E-state index >= 15 is 0 Å². The quantitative estimate of drug-likeness (QED) is 0.0657. The van der Waals surface area contributed by atoms with E-state index in [0.29, 0.717) is 48.2 Å². The highest BCUT2D eigenvalue weighted by Gasteiger charge is 2.11. The third kappa shape index (κ3) is 9.81. The van der Waals surface area contributed by atoms with E-state index in [1.54, 1.807) is 26.0 Å². The van der Waals surface area contributed by atoms with E-state index in [4.69, 9.17) is 23.7 Å². The van der Waals surface area contributed by atoms with E-state index in [-0.39, 0.29) is 13.2 Å². The van der Waals surface area contributed by atoms with Crippen LogP contribution in [-0.2, 0) is 19.1 Å². The van der Waals surface area contributed by atoms with Gasteiger partial charge in [0.2, 0.25) is 0 Å². The third-order valence-electron chi connectivity index (χ3n) is 5.66. The van der Waals surface area contributed by atoms with Gasteiger partial charge in [0.05, 0.1) is 13.2 Å². The molecule has 0 unspecified atom stereocenters. The molecule has 41 heavy (non-hydrogen) atoms. The number of benzene rings is 3. The number of hydrogen-bond donors (Lipinski definition) is 0. The van der Waals surface area contributed by atoms with Crippen LogP contribution < -0.4 is 14.2 Å². The Labute approximate surface area is 241 Å². The summed E-state index contributed by atoms with van der Waals surface area (Å²) in [6, 6.07) is 21.1. The van der Waals surface area contributed by atoms with Gasteiger partial charge in [-0.1, -0.05) is 67.8 Å². The first-order valence-electron chi connectivity index (χ1n) is 13.2. The van der Waals surface area contributed by atoms with Crippen LogP contribution in [-0.4, -0.2) is 45.0 Å². The van der Waals surface area contributed by atoms with Crippen LogP contribution >= 0.6 is 0 Å². The van der Waals surface area contributed by atoms with Gasteiger partial charge in [-0.15, -0.1) is 0 Å². The zero-order valence-corrected chi connectivity index (χ0v) is 23.9. The van der Waals surface area contributed by atoms with Crippen molar-refractivity contribution in [1.82, 2.24) is 0 Å². The minimum absolute atomic E-state index is 0.0907. The Bertz CT molecular complexity index is 1390. The summed E-state index contributed by atoms with van der Waals surface area (Å²) >= 11 is 0. The van der Waals surface area contributed by atoms with Gasteiger partial charge in [0.25, 0.3) is 0 Å². The van der Waals surface area contributed by atoms with Gasteiger partial charge in [-0.3, -0.25) is 0 Å². The fraction of sp³-hybridized carbons (Fsp3) is 0.235. The van der Waals surface area contributed by atoms with Gasteiger partial charge in [-0.2, -0.15) is 0 Å². The minimum Gasteiger partial charge on any atom is -0.487 e. The predicted octanol–water partition coefficient (Wildman–Crippen LogP) is 6.97. The standard InChI is InChI=1S/C34H36O7/c1-23(2)22-37-17-18-39-32-21-29(13-16-31(32)38-19-20-40-33(35)24(3)4)28-9-7-26(8-10-28)27-11-14-30(15-12-27)41-34(36)25(5)6/h7-16,21H,1,3,5,17-20,22H2,2,4,6H3. The second-order valence-electron chi connectivity index (χ2n) is 9.56. The van der Waals surface area contributed by atoms with Gasteiger partial charge in [-0.05, 0) is 67.3 Å². The molecule has 0 aliphatic heterocycles. The lowest BCUT2D eigenvalue weighted by atomic mass is 10.00. The average Bonchev–Trinajstić information content (AvgIpc) is 2.95. The highest BCUT2D eigenvalue weighted by atomic mass is 16.6. The normalized spacial score (nSPS) is 10.4. The van der Waals surface area contributed by atoms with Crippen molar-refractivity contribution in [2.24, 2.45) is 0 Å². The first kappa shape index (κ1) is 30.9. The lowest BCUT2D eigenvalue weighted by Gasteiger charge is -2.15. The molecule has 7 nitrogen and oxygen atoms in total. The Morgan fingerprint density at radius 3 is 1.71 bits per heavy atom. The molecule has 0 fully saturated rings. The molecule has 0 saturated carbocycles. The van der Waals surface area contributed by atoms with Crippen molar-refractivity contribution in [1.29, 1.82) is 0 Å². The monoisotopic (exact) mass is 556 g/mol. The van der Waals surface area contributed by atoms with Gasteiger partial charge >= 0.3 is 11.9 Å². The van der Waals surface area contributed by atoms with E-state index in [0.717, 1.165) is 27.8 Å². The Kier molecular flexibility index (Phi) is 11.5. The SMILES string of the molecule is C=C(C)COCCOc1cc(-c2ccc(-c3ccc(OC(=O)C(=C)C)cc3)cc2)ccc1OCCOC(=O)C(=C)C. The number of esters is 2. The average molecular weight is 557 g/mol. The van der Waals surface area contributed by atoms with Crippen LogP contribution in [0.5, 0.6) is 17.2 Å². The summed E-state index contributed by atoms with van der Waals surface area (Å²) < 4.78 is 27.8. The maximum atomic E-state index is 11.7. The molecule has 0 amide bonds. The fourth-order valence-corrected chi connectivity index (χ4v) is 3.55. The van der Waals surface area contributed by atoms with Crippen molar-refractivity contribution in [3.05, 3.63) is 103 Å². The van der Waals surface area contributed by atoms with Crippen molar-refractivity contribution in [2.45, 2.75) is 20.8 Å². The maximum absolute atomic E-state index is 11.7. The topological polar surface area (TPSA) is 80.3 Å². The Hall–Kier alpha value is -4.62. The number of carbonyl (C=O) groups is 2. The van der Waals surface area contributed by atoms with Crippen LogP contribution in [0.4, 0.5) is 0 Å². The second-order valence-corrected chi connectivity index (χ2v) is 9.56. The molecule has 0 aliphatic rings. The minimum atomic E-state index is -0.458. The summed E-state index contributed by atoms with van der Waals surface area (Å²) in [6.45, 7) is 17.6. The zero-order chi connectivity index (χ0) is 29.8. The molecule has 3 aromatic rings. The van der Waals surface area contributed by atoms with Gasteiger partial charge in [0.1, 0.15) is 25.6 Å². The van der Waals surface area contributed by atoms with Crippen LogP contribution in [0, 0.1) is 0 Å². The van der Waals surface area contributed by atoms with Crippen LogP contribution in [0.3, 0.4) is 0 Å². The highest BCUT2D eigenvalue weighted by molar-refractivity contribution is 5.89. The van der Waals surface area contributed by atoms with Gasteiger partial charge < -0.3 is 23.7 Å². The number of carbonyl (C=O) groups excluding carboxylic acids is 2. The third-order valence-corrected chi connectivity index (χ3v) is 5.66. The summed E-state index contributed by atoms with van der Waals surface area (Å²) in [5.41, 5.74) is 5.55. The molecule has 0 aliphatic carbocycles. The lowest BCUT2D eigenvalue weighted by molar-refractivity contribution is -0.139. The van der Waals surface area contributed by atoms with Crippen LogP contribution in [0.1, 0.15) is 20.8 Å². The number of ether oxygens (including phenoxy) is 5. The smallest absolute Gasteiger partial charge is 0.338 e. The summed E-state index contributed by atoms with van der Waals surface area (Å²) in [4.78, 5) is 23.4. The van der Waals surface area contributed by atoms with Crippen molar-refractivity contribution < 1.29 is 33.3 Å². The van der Waals surface area contributed by atoms with Crippen LogP contribution in [0.2, 0.25) is 0 Å². The number of rotatable bonds is 15. The Balaban J connectivity index is 1.71. The van der Waals surface area contributed by atoms with E-state index in [1.807, 2.05) is 61.5 Å². The summed E-state index contributed by atoms with van der Waals surface area (Å²) in [5.74, 6) is 0.640. The highest BCUT2D eigenvalue weighted by Crippen LogP contribution is 2.34. The van der Waals surface area contributed by atoms with E-state index in [2.05, 4.69) is 19.7 Å². The Morgan fingerprint density at radius 1 is 0.610 bits per heavy atom. The molecular weight excluding hydrogens is 520 g/mol. The van der Waals surface area contributed by atoms with Crippen molar-refractivity contribution >= 4 is 11.9 Å². The molecule has 0 heterocycles. The van der Waals surface area contributed by atoms with E-state index < -0.39 is 11.9 Å². The molecule has 0 radical (unpaired) electrons. The Morgan fingerprint density at radius 2 is 1.12 bits per heavy atom. The summed E-state index contributed by atoms with van der Waals surface area (Å²) in [6.07, 6.45) is 0. The molecule has 0 saturated heterocycles. The van der Waals surface area contributed by atoms with Crippen LogP contribution in [0.25, 0.3) is 22.3 Å². The molecule has 7 heteroatoms. The van der Waals surface area contributed by atoms with E-state index in [9.17, 15) is 9.59 Å². The van der Waals surface area contributed by atoms with Crippen molar-refractivity contribution in [2.75, 3.05) is 33.0 Å². The largest absolute Gasteiger partial charge is 0.487 e. The van der Waals surface area contributed by atoms with Gasteiger partial charge in [0, 0.05) is 11.1 Å². The number of hydrogen-bond acceptors (Lipinski definition) is 7. The first-order valence-corrected chi connectivity index (χ1v) is 13.2. The van der Waals surface area contributed by atoms with Gasteiger partial charge in [0.15, 0.2) is 11.5 Å². The van der Waals surface area contributed by atoms with Gasteiger partial charge in [-0.25, -0.2) is 9.59 Å². The second kappa shape index (κ2) is 15.2. The van der Waals surface area contributed by atoms with Crippen molar-refractivity contribution in [3.8, 4) is 39.5 Å². The lowest BCUT2D eigenvalue weighted by Crippen LogP contribution is -2.13. The van der Waals surface area contributed by atoms with E-state index in [1.165, 1.54) is 0 Å². The molecule has 0 N–H and O–H groups in total. The molecule has 0 spiro atoms. The summed E-state index contributed by atoms with van der Waals surface area (Å²) in [7, 11) is 0. The molecule has 0 bridgehead atoms. The van der Waals surface area contributed by atoms with Crippen LogP contribution in [0.15, 0.2) is 103 Å². The summed E-state index contributed by atoms with van der Waals surface area (Å²) in [5, 5.41) is 0. The fourth-order valence-electron chi connectivity index (χ4n) is 3.55. The maximum Gasteiger partial charge on any atom is 0.338 e. The molecule has 214 valence electrons. The molecule has 3 rings (SSSR count). The molecule has 0 atom stereocenters. The molecular formula is C34H36O7. The molecule has 3 aromatic carbocycles. The first-order chi connectivity index (χ1) is 19.6. The predicted molar refractivity (Wildman–Crippen MR) is 160 cm³/mol.